The van der Waals surface area contributed by atoms with Gasteiger partial charge in [-0.15, -0.1) is 6.42 Å². The van der Waals surface area contributed by atoms with Crippen molar-refractivity contribution in [3.05, 3.63) is 33.9 Å². The average Bonchev–Trinajstić information content (AvgIpc) is 2.34. The van der Waals surface area contributed by atoms with Gasteiger partial charge in [0.1, 0.15) is 5.75 Å². The van der Waals surface area contributed by atoms with Gasteiger partial charge < -0.3 is 10.1 Å². The second-order valence-corrected chi connectivity index (χ2v) is 3.43. The van der Waals surface area contributed by atoms with Gasteiger partial charge >= 0.3 is 0 Å². The summed E-state index contributed by atoms with van der Waals surface area (Å²) in [5, 5.41) is 13.1. The van der Waals surface area contributed by atoms with Gasteiger partial charge in [-0.05, 0) is 13.0 Å². The van der Waals surface area contributed by atoms with Gasteiger partial charge in [0.25, 0.3) is 11.6 Å². The number of hydrogen-bond acceptors (Lipinski definition) is 4. The molecule has 0 atom stereocenters. The number of ether oxygens (including phenoxy) is 1. The Morgan fingerprint density at radius 3 is 2.94 bits per heavy atom. The fraction of sp³-hybridized carbons (Fsp3) is 0.250. The van der Waals surface area contributed by atoms with E-state index in [1.54, 1.807) is 13.0 Å². The van der Waals surface area contributed by atoms with E-state index in [1.807, 2.05) is 0 Å². The highest BCUT2D eigenvalue weighted by Gasteiger charge is 2.14. The third-order valence-electron chi connectivity index (χ3n) is 2.20. The Kier molecular flexibility index (Phi) is 4.69. The summed E-state index contributed by atoms with van der Waals surface area (Å²) >= 11 is 0. The molecule has 0 unspecified atom stereocenters. The van der Waals surface area contributed by atoms with Crippen molar-refractivity contribution >= 4 is 11.6 Å². The highest BCUT2D eigenvalue weighted by molar-refractivity contribution is 5.77. The predicted molar refractivity (Wildman–Crippen MR) is 65.2 cm³/mol. The van der Waals surface area contributed by atoms with Crippen molar-refractivity contribution in [2.75, 3.05) is 13.2 Å². The van der Waals surface area contributed by atoms with E-state index in [4.69, 9.17) is 11.2 Å². The number of rotatable bonds is 5. The average molecular weight is 248 g/mol. The molecule has 0 saturated carbocycles. The van der Waals surface area contributed by atoms with Crippen molar-refractivity contribution in [2.24, 2.45) is 0 Å². The van der Waals surface area contributed by atoms with Crippen molar-refractivity contribution in [3.63, 3.8) is 0 Å². The zero-order chi connectivity index (χ0) is 13.5. The fourth-order valence-corrected chi connectivity index (χ4v) is 1.30. The molecule has 0 aliphatic heterocycles. The molecule has 1 rings (SSSR count). The lowest BCUT2D eigenvalue weighted by atomic mass is 10.2. The Bertz CT molecular complexity index is 505. The number of nitrogens with one attached hydrogen (secondary N) is 1. The third-order valence-corrected chi connectivity index (χ3v) is 2.20. The summed E-state index contributed by atoms with van der Waals surface area (Å²) in [5.41, 5.74) is 0.337. The molecule has 6 heteroatoms. The molecule has 0 saturated heterocycles. The summed E-state index contributed by atoms with van der Waals surface area (Å²) in [6.45, 7) is 1.45. The molecule has 0 radical (unpaired) electrons. The van der Waals surface area contributed by atoms with Gasteiger partial charge in [0.2, 0.25) is 0 Å². The first-order valence-electron chi connectivity index (χ1n) is 5.13. The Balaban J connectivity index is 2.69. The maximum atomic E-state index is 11.2. The lowest BCUT2D eigenvalue weighted by molar-refractivity contribution is -0.385. The monoisotopic (exact) mass is 248 g/mol. The zero-order valence-electron chi connectivity index (χ0n) is 9.80. The van der Waals surface area contributed by atoms with E-state index in [0.29, 0.717) is 11.3 Å². The van der Waals surface area contributed by atoms with Gasteiger partial charge in [-0.2, -0.15) is 0 Å². The van der Waals surface area contributed by atoms with Crippen LogP contribution in [-0.4, -0.2) is 24.0 Å². The minimum absolute atomic E-state index is 0.0449. The smallest absolute Gasteiger partial charge is 0.276 e. The number of amides is 1. The van der Waals surface area contributed by atoms with Crippen molar-refractivity contribution in [3.8, 4) is 18.1 Å². The van der Waals surface area contributed by atoms with E-state index >= 15 is 0 Å². The maximum Gasteiger partial charge on any atom is 0.276 e. The highest BCUT2D eigenvalue weighted by Crippen LogP contribution is 2.26. The number of nitro benzene ring substituents is 1. The molecule has 0 spiro atoms. The highest BCUT2D eigenvalue weighted by atomic mass is 16.6. The minimum Gasteiger partial charge on any atom is -0.483 e. The second kappa shape index (κ2) is 6.25. The van der Waals surface area contributed by atoms with Crippen LogP contribution in [0.2, 0.25) is 0 Å². The topological polar surface area (TPSA) is 81.5 Å². The summed E-state index contributed by atoms with van der Waals surface area (Å²) < 4.78 is 5.20. The maximum absolute atomic E-state index is 11.2. The molecule has 0 aliphatic rings. The Morgan fingerprint density at radius 2 is 2.33 bits per heavy atom. The van der Waals surface area contributed by atoms with Crippen molar-refractivity contribution in [2.45, 2.75) is 6.92 Å². The number of terminal acetylenes is 1. The van der Waals surface area contributed by atoms with Crippen LogP contribution >= 0.6 is 0 Å². The largest absolute Gasteiger partial charge is 0.483 e. The van der Waals surface area contributed by atoms with Crippen LogP contribution in [0.5, 0.6) is 5.75 Å². The first-order chi connectivity index (χ1) is 8.56. The molecule has 6 nitrogen and oxygen atoms in total. The molecule has 0 aliphatic carbocycles. The Morgan fingerprint density at radius 1 is 1.61 bits per heavy atom. The number of carbonyl (C=O) groups is 1. The van der Waals surface area contributed by atoms with Crippen molar-refractivity contribution < 1.29 is 14.5 Å². The standard InChI is InChI=1S/C12H12N2O4/c1-3-7-13-12(15)8-18-11-6-4-5-10(9(11)2)14(16)17/h1,4-6H,7-8H2,2H3,(H,13,15). The molecule has 0 heterocycles. The van der Waals surface area contributed by atoms with E-state index in [9.17, 15) is 14.9 Å². The van der Waals surface area contributed by atoms with Gasteiger partial charge in [0, 0.05) is 6.07 Å². The van der Waals surface area contributed by atoms with Gasteiger partial charge in [-0.1, -0.05) is 12.0 Å². The van der Waals surface area contributed by atoms with Crippen LogP contribution in [0.25, 0.3) is 0 Å². The Hall–Kier alpha value is -2.55. The van der Waals surface area contributed by atoms with Crippen LogP contribution in [-0.2, 0) is 4.79 Å². The van der Waals surface area contributed by atoms with E-state index in [1.165, 1.54) is 12.1 Å². The van der Waals surface area contributed by atoms with Crippen LogP contribution < -0.4 is 10.1 Å². The first kappa shape index (κ1) is 13.5. The minimum atomic E-state index is -0.499. The van der Waals surface area contributed by atoms with Gasteiger partial charge in [-0.25, -0.2) is 0 Å². The molecule has 0 aromatic heterocycles. The molecular formula is C12H12N2O4. The molecule has 1 amide bonds. The second-order valence-electron chi connectivity index (χ2n) is 3.43. The Labute approximate surface area is 104 Å². The molecule has 1 N–H and O–H groups in total. The normalized spacial score (nSPS) is 9.33. The SMILES string of the molecule is C#CCNC(=O)COc1cccc([N+](=O)[O-])c1C. The number of carbonyl (C=O) groups excluding carboxylic acids is 1. The number of benzene rings is 1. The van der Waals surface area contributed by atoms with E-state index in [0.717, 1.165) is 0 Å². The van der Waals surface area contributed by atoms with Crippen LogP contribution in [0.1, 0.15) is 5.56 Å². The quantitative estimate of drug-likeness (QED) is 0.479. The van der Waals surface area contributed by atoms with E-state index in [2.05, 4.69) is 11.2 Å². The number of nitrogens with zero attached hydrogens (tertiary/aromatic N) is 1. The number of nitro groups is 1. The van der Waals surface area contributed by atoms with Gasteiger partial charge in [0.05, 0.1) is 17.0 Å². The number of hydrogen-bond donors (Lipinski definition) is 1. The van der Waals surface area contributed by atoms with Crippen LogP contribution in [0.4, 0.5) is 5.69 Å². The summed E-state index contributed by atoms with van der Waals surface area (Å²) in [4.78, 5) is 21.4. The molecule has 94 valence electrons. The van der Waals surface area contributed by atoms with E-state index < -0.39 is 4.92 Å². The molecule has 0 fully saturated rings. The molecular weight excluding hydrogens is 236 g/mol. The van der Waals surface area contributed by atoms with Crippen molar-refractivity contribution in [1.29, 1.82) is 0 Å². The molecule has 0 bridgehead atoms. The van der Waals surface area contributed by atoms with Crippen LogP contribution in [0.15, 0.2) is 18.2 Å². The zero-order valence-corrected chi connectivity index (χ0v) is 9.80. The predicted octanol–water partition coefficient (Wildman–Crippen LogP) is 1.03. The van der Waals surface area contributed by atoms with E-state index in [-0.39, 0.29) is 24.7 Å². The molecule has 1 aromatic carbocycles. The first-order valence-corrected chi connectivity index (χ1v) is 5.13. The summed E-state index contributed by atoms with van der Waals surface area (Å²) in [6, 6.07) is 4.44. The summed E-state index contributed by atoms with van der Waals surface area (Å²) in [5.74, 6) is 2.18. The van der Waals surface area contributed by atoms with Crippen LogP contribution in [0, 0.1) is 29.4 Å². The third kappa shape index (κ3) is 3.49. The molecule has 18 heavy (non-hydrogen) atoms. The lowest BCUT2D eigenvalue weighted by Crippen LogP contribution is -2.29. The van der Waals surface area contributed by atoms with Gasteiger partial charge in [-0.3, -0.25) is 14.9 Å². The summed E-state index contributed by atoms with van der Waals surface area (Å²) in [6.07, 6.45) is 4.98. The lowest BCUT2D eigenvalue weighted by Gasteiger charge is -2.08. The summed E-state index contributed by atoms with van der Waals surface area (Å²) in [7, 11) is 0. The fourth-order valence-electron chi connectivity index (χ4n) is 1.30. The van der Waals surface area contributed by atoms with Gasteiger partial charge in [0.15, 0.2) is 6.61 Å². The van der Waals surface area contributed by atoms with Crippen LogP contribution in [0.3, 0.4) is 0 Å². The van der Waals surface area contributed by atoms with Crippen molar-refractivity contribution in [1.82, 2.24) is 5.32 Å². The molecule has 1 aromatic rings.